The zero-order valence-corrected chi connectivity index (χ0v) is 13.6. The lowest BCUT2D eigenvalue weighted by atomic mass is 10.1. The number of ether oxygens (including phenoxy) is 2. The van der Waals surface area contributed by atoms with Crippen molar-refractivity contribution in [1.82, 2.24) is 15.1 Å². The van der Waals surface area contributed by atoms with E-state index in [0.717, 1.165) is 5.56 Å². The average molecular weight is 334 g/mol. The summed E-state index contributed by atoms with van der Waals surface area (Å²) in [5, 5.41) is 17.4. The Labute approximate surface area is 138 Å². The van der Waals surface area contributed by atoms with Gasteiger partial charge in [0.15, 0.2) is 11.5 Å². The first kappa shape index (κ1) is 17.3. The van der Waals surface area contributed by atoms with Gasteiger partial charge in [0.05, 0.1) is 19.1 Å². The molecule has 0 aliphatic rings. The minimum absolute atomic E-state index is 0.199. The molecule has 0 spiro atoms. The fourth-order valence-electron chi connectivity index (χ4n) is 2.21. The molecule has 9 heteroatoms. The average Bonchev–Trinajstić information content (AvgIpc) is 2.97. The van der Waals surface area contributed by atoms with Gasteiger partial charge in [-0.1, -0.05) is 6.07 Å². The molecule has 0 fully saturated rings. The largest absolute Gasteiger partial charge is 0.493 e. The lowest BCUT2D eigenvalue weighted by molar-refractivity contribution is -0.385. The van der Waals surface area contributed by atoms with Gasteiger partial charge < -0.3 is 14.8 Å². The second-order valence-electron chi connectivity index (χ2n) is 4.99. The zero-order valence-electron chi connectivity index (χ0n) is 13.6. The van der Waals surface area contributed by atoms with E-state index < -0.39 is 10.8 Å². The molecule has 0 unspecified atom stereocenters. The molecular formula is C15H18N4O5. The number of nitro groups is 1. The van der Waals surface area contributed by atoms with Crippen LogP contribution in [0.4, 0.5) is 5.69 Å². The maximum Gasteiger partial charge on any atom is 0.320 e. The van der Waals surface area contributed by atoms with Crippen molar-refractivity contribution in [3.8, 4) is 11.5 Å². The standard InChI is InChI=1S/C15H18N4O5/c1-18-9-11(19(21)22)14(17-18)15(20)16-7-6-10-4-5-12(23-2)13(8-10)24-3/h4-5,8-9H,6-7H2,1-3H3,(H,16,20). The second-order valence-corrected chi connectivity index (χ2v) is 4.99. The summed E-state index contributed by atoms with van der Waals surface area (Å²) in [5.74, 6) is 0.638. The molecule has 0 saturated heterocycles. The van der Waals surface area contributed by atoms with E-state index in [-0.39, 0.29) is 11.4 Å². The zero-order chi connectivity index (χ0) is 17.7. The Hall–Kier alpha value is -3.10. The van der Waals surface area contributed by atoms with Gasteiger partial charge in [0, 0.05) is 13.6 Å². The van der Waals surface area contributed by atoms with Gasteiger partial charge in [-0.25, -0.2) is 0 Å². The Bertz CT molecular complexity index is 756. The van der Waals surface area contributed by atoms with E-state index in [2.05, 4.69) is 10.4 Å². The first-order valence-corrected chi connectivity index (χ1v) is 7.13. The molecule has 1 heterocycles. The second kappa shape index (κ2) is 7.44. The van der Waals surface area contributed by atoms with Crippen molar-refractivity contribution >= 4 is 11.6 Å². The van der Waals surface area contributed by atoms with Gasteiger partial charge in [-0.2, -0.15) is 5.10 Å². The van der Waals surface area contributed by atoms with E-state index in [1.54, 1.807) is 20.3 Å². The molecule has 0 aliphatic carbocycles. The molecule has 9 nitrogen and oxygen atoms in total. The van der Waals surface area contributed by atoms with Crippen LogP contribution >= 0.6 is 0 Å². The van der Waals surface area contributed by atoms with Crippen molar-refractivity contribution in [3.05, 3.63) is 45.8 Å². The Balaban J connectivity index is 1.99. The summed E-state index contributed by atoms with van der Waals surface area (Å²) < 4.78 is 11.6. The Kier molecular flexibility index (Phi) is 5.35. The highest BCUT2D eigenvalue weighted by Crippen LogP contribution is 2.27. The third-order valence-corrected chi connectivity index (χ3v) is 3.37. The number of aryl methyl sites for hydroxylation is 1. The number of benzene rings is 1. The van der Waals surface area contributed by atoms with E-state index in [9.17, 15) is 14.9 Å². The number of hydrogen-bond donors (Lipinski definition) is 1. The fourth-order valence-corrected chi connectivity index (χ4v) is 2.21. The minimum Gasteiger partial charge on any atom is -0.493 e. The molecule has 0 saturated carbocycles. The van der Waals surface area contributed by atoms with Crippen LogP contribution in [0.2, 0.25) is 0 Å². The lowest BCUT2D eigenvalue weighted by Gasteiger charge is -2.09. The molecule has 0 aliphatic heterocycles. The quantitative estimate of drug-likeness (QED) is 0.604. The van der Waals surface area contributed by atoms with Crippen LogP contribution in [0.25, 0.3) is 0 Å². The van der Waals surface area contributed by atoms with Crippen molar-refractivity contribution < 1.29 is 19.2 Å². The number of carbonyl (C=O) groups excluding carboxylic acids is 1. The smallest absolute Gasteiger partial charge is 0.320 e. The van der Waals surface area contributed by atoms with E-state index in [1.807, 2.05) is 12.1 Å². The van der Waals surface area contributed by atoms with Crippen LogP contribution in [-0.2, 0) is 13.5 Å². The molecule has 2 aromatic rings. The van der Waals surface area contributed by atoms with Crippen molar-refractivity contribution in [2.45, 2.75) is 6.42 Å². The molecule has 1 aromatic carbocycles. The van der Waals surface area contributed by atoms with Gasteiger partial charge in [-0.05, 0) is 24.1 Å². The summed E-state index contributed by atoms with van der Waals surface area (Å²) in [6.45, 7) is 0.308. The molecule has 24 heavy (non-hydrogen) atoms. The number of nitrogens with one attached hydrogen (secondary N) is 1. The monoisotopic (exact) mass is 334 g/mol. The van der Waals surface area contributed by atoms with Crippen LogP contribution in [0.15, 0.2) is 24.4 Å². The van der Waals surface area contributed by atoms with Gasteiger partial charge in [0.25, 0.3) is 5.91 Å². The summed E-state index contributed by atoms with van der Waals surface area (Å²) in [6, 6.07) is 5.45. The Morgan fingerprint density at radius 3 is 2.67 bits per heavy atom. The number of rotatable bonds is 7. The molecule has 1 aromatic heterocycles. The number of aromatic nitrogens is 2. The number of amides is 1. The van der Waals surface area contributed by atoms with Gasteiger partial charge in [-0.3, -0.25) is 19.6 Å². The predicted octanol–water partition coefficient (Wildman–Crippen LogP) is 1.32. The highest BCUT2D eigenvalue weighted by molar-refractivity contribution is 5.96. The van der Waals surface area contributed by atoms with Gasteiger partial charge in [-0.15, -0.1) is 0 Å². The number of nitrogens with zero attached hydrogens (tertiary/aromatic N) is 3. The molecule has 0 atom stereocenters. The molecular weight excluding hydrogens is 316 g/mol. The summed E-state index contributed by atoms with van der Waals surface area (Å²) >= 11 is 0. The van der Waals surface area contributed by atoms with Crippen molar-refractivity contribution in [1.29, 1.82) is 0 Å². The summed E-state index contributed by atoms with van der Waals surface area (Å²) in [6.07, 6.45) is 1.73. The maximum absolute atomic E-state index is 12.1. The molecule has 128 valence electrons. The SMILES string of the molecule is COc1ccc(CCNC(=O)c2nn(C)cc2[N+](=O)[O-])cc1OC. The topological polar surface area (TPSA) is 109 Å². The summed E-state index contributed by atoms with van der Waals surface area (Å²) in [4.78, 5) is 22.3. The Morgan fingerprint density at radius 1 is 1.33 bits per heavy atom. The molecule has 1 amide bonds. The number of methoxy groups -OCH3 is 2. The maximum atomic E-state index is 12.1. The number of carbonyl (C=O) groups is 1. The molecule has 1 N–H and O–H groups in total. The van der Waals surface area contributed by atoms with Crippen LogP contribution in [0.3, 0.4) is 0 Å². The number of hydrogen-bond acceptors (Lipinski definition) is 6. The third-order valence-electron chi connectivity index (χ3n) is 3.37. The fraction of sp³-hybridized carbons (Fsp3) is 0.333. The highest BCUT2D eigenvalue weighted by Gasteiger charge is 2.24. The van der Waals surface area contributed by atoms with Gasteiger partial charge in [0.2, 0.25) is 5.69 Å². The minimum atomic E-state index is -0.629. The highest BCUT2D eigenvalue weighted by atomic mass is 16.6. The van der Waals surface area contributed by atoms with Crippen molar-refractivity contribution in [2.75, 3.05) is 20.8 Å². The molecule has 0 bridgehead atoms. The molecule has 0 radical (unpaired) electrons. The van der Waals surface area contributed by atoms with E-state index in [4.69, 9.17) is 9.47 Å². The van der Waals surface area contributed by atoms with Gasteiger partial charge >= 0.3 is 5.69 Å². The van der Waals surface area contributed by atoms with E-state index in [0.29, 0.717) is 24.5 Å². The van der Waals surface area contributed by atoms with Crippen LogP contribution < -0.4 is 14.8 Å². The van der Waals surface area contributed by atoms with Crippen LogP contribution in [0.5, 0.6) is 11.5 Å². The van der Waals surface area contributed by atoms with Crippen molar-refractivity contribution in [2.24, 2.45) is 7.05 Å². The van der Waals surface area contributed by atoms with Crippen molar-refractivity contribution in [3.63, 3.8) is 0 Å². The third kappa shape index (κ3) is 3.80. The first-order valence-electron chi connectivity index (χ1n) is 7.13. The first-order chi connectivity index (χ1) is 11.5. The van der Waals surface area contributed by atoms with E-state index >= 15 is 0 Å². The Morgan fingerprint density at radius 2 is 2.04 bits per heavy atom. The predicted molar refractivity (Wildman–Crippen MR) is 85.4 cm³/mol. The summed E-state index contributed by atoms with van der Waals surface area (Å²) in [7, 11) is 4.62. The normalized spacial score (nSPS) is 10.3. The lowest BCUT2D eigenvalue weighted by Crippen LogP contribution is -2.26. The summed E-state index contributed by atoms with van der Waals surface area (Å²) in [5.41, 5.74) is 0.416. The van der Waals surface area contributed by atoms with Crippen LogP contribution in [0.1, 0.15) is 16.1 Å². The van der Waals surface area contributed by atoms with E-state index in [1.165, 1.54) is 17.9 Å². The molecule has 2 rings (SSSR count). The van der Waals surface area contributed by atoms with Gasteiger partial charge in [0.1, 0.15) is 6.20 Å². The van der Waals surface area contributed by atoms with Crippen LogP contribution in [0, 0.1) is 10.1 Å². The van der Waals surface area contributed by atoms with Crippen LogP contribution in [-0.4, -0.2) is 41.4 Å².